The number of oxazole rings is 1. The average molecular weight is 338 g/mol. The minimum atomic E-state index is -3.75. The molecule has 2 aromatic rings. The van der Waals surface area contributed by atoms with Crippen LogP contribution in [0.5, 0.6) is 5.75 Å². The Hall–Kier alpha value is -2.39. The summed E-state index contributed by atoms with van der Waals surface area (Å²) in [6, 6.07) is 4.27. The number of rotatable bonds is 5. The van der Waals surface area contributed by atoms with E-state index >= 15 is 0 Å². The zero-order valence-corrected chi connectivity index (χ0v) is 13.0. The number of carbonyl (C=O) groups is 1. The maximum Gasteiger partial charge on any atom is 0.345 e. The van der Waals surface area contributed by atoms with E-state index in [1.165, 1.54) is 24.6 Å². The van der Waals surface area contributed by atoms with Gasteiger partial charge in [-0.15, -0.1) is 0 Å². The number of fused-ring (bicyclic) bond motifs is 1. The van der Waals surface area contributed by atoms with E-state index < -0.39 is 22.1 Å². The molecule has 3 rings (SSSR count). The first kappa shape index (κ1) is 15.5. The fourth-order valence-electron chi connectivity index (χ4n) is 2.27. The van der Waals surface area contributed by atoms with Gasteiger partial charge >= 0.3 is 5.97 Å². The number of aliphatic carboxylic acids is 1. The highest BCUT2D eigenvalue weighted by molar-refractivity contribution is 7.89. The largest absolute Gasteiger partial charge is 0.478 e. The maximum absolute atomic E-state index is 12.3. The third kappa shape index (κ3) is 3.06. The Balaban J connectivity index is 1.78. The maximum atomic E-state index is 12.3. The van der Waals surface area contributed by atoms with Gasteiger partial charge in [0.25, 0.3) is 0 Å². The Morgan fingerprint density at radius 3 is 2.91 bits per heavy atom. The minimum absolute atomic E-state index is 0.00992. The highest BCUT2D eigenvalue weighted by Gasteiger charge is 2.30. The van der Waals surface area contributed by atoms with Gasteiger partial charge in [0.1, 0.15) is 11.5 Å². The van der Waals surface area contributed by atoms with Crippen LogP contribution in [0.25, 0.3) is 0 Å². The third-order valence-electron chi connectivity index (χ3n) is 3.57. The van der Waals surface area contributed by atoms with Crippen LogP contribution in [0, 0.1) is 6.92 Å². The molecule has 122 valence electrons. The first-order valence-corrected chi connectivity index (χ1v) is 8.26. The number of aryl methyl sites for hydroxylation is 1. The lowest BCUT2D eigenvalue weighted by atomic mass is 10.1. The number of aromatic nitrogens is 1. The van der Waals surface area contributed by atoms with Gasteiger partial charge in [0.2, 0.25) is 10.0 Å². The molecule has 2 heterocycles. The first-order valence-electron chi connectivity index (χ1n) is 6.78. The smallest absolute Gasteiger partial charge is 0.345 e. The van der Waals surface area contributed by atoms with Crippen LogP contribution in [0.15, 0.2) is 33.9 Å². The molecule has 0 radical (unpaired) electrons. The first-order chi connectivity index (χ1) is 10.9. The Morgan fingerprint density at radius 2 is 2.26 bits per heavy atom. The highest BCUT2D eigenvalue weighted by atomic mass is 32.2. The Bertz CT molecular complexity index is 858. The van der Waals surface area contributed by atoms with Crippen molar-refractivity contribution in [1.29, 1.82) is 0 Å². The summed E-state index contributed by atoms with van der Waals surface area (Å²) in [4.78, 5) is 14.9. The molecule has 9 heteroatoms. The molecule has 1 aliphatic rings. The normalized spacial score (nSPS) is 16.8. The zero-order valence-electron chi connectivity index (χ0n) is 12.1. The molecule has 0 saturated heterocycles. The number of hydrogen-bond donors (Lipinski definition) is 2. The monoisotopic (exact) mass is 338 g/mol. The van der Waals surface area contributed by atoms with Crippen molar-refractivity contribution in [2.45, 2.75) is 30.9 Å². The number of benzene rings is 1. The standard InChI is InChI=1S/C14H14N2O6S/c1-8-11(15-7-21-8)6-16-23(19,20)10-2-3-12-9(4-10)5-13(22-12)14(17)18/h2-4,7,13,16H,5-6H2,1H3,(H,17,18). The van der Waals surface area contributed by atoms with Crippen molar-refractivity contribution in [3.8, 4) is 5.75 Å². The number of carboxylic acids is 1. The molecule has 0 bridgehead atoms. The van der Waals surface area contributed by atoms with Gasteiger partial charge in [-0.3, -0.25) is 0 Å². The molecule has 23 heavy (non-hydrogen) atoms. The van der Waals surface area contributed by atoms with Gasteiger partial charge < -0.3 is 14.3 Å². The van der Waals surface area contributed by atoms with Crippen LogP contribution in [-0.2, 0) is 27.8 Å². The molecule has 1 unspecified atom stereocenters. The molecule has 0 aliphatic carbocycles. The van der Waals surface area contributed by atoms with E-state index in [0.717, 1.165) is 0 Å². The van der Waals surface area contributed by atoms with Crippen molar-refractivity contribution < 1.29 is 27.5 Å². The van der Waals surface area contributed by atoms with Gasteiger partial charge in [0.15, 0.2) is 12.5 Å². The fourth-order valence-corrected chi connectivity index (χ4v) is 3.31. The second-order valence-corrected chi connectivity index (χ2v) is 6.87. The molecule has 0 spiro atoms. The summed E-state index contributed by atoms with van der Waals surface area (Å²) in [5.74, 6) is -0.145. The topological polar surface area (TPSA) is 119 Å². The van der Waals surface area contributed by atoms with Crippen LogP contribution in [0.4, 0.5) is 0 Å². The van der Waals surface area contributed by atoms with E-state index in [9.17, 15) is 13.2 Å². The van der Waals surface area contributed by atoms with Gasteiger partial charge in [0, 0.05) is 6.42 Å². The molecule has 8 nitrogen and oxygen atoms in total. The summed E-state index contributed by atoms with van der Waals surface area (Å²) in [6.45, 7) is 1.70. The van der Waals surface area contributed by atoms with Crippen LogP contribution in [0.3, 0.4) is 0 Å². The lowest BCUT2D eigenvalue weighted by Gasteiger charge is -2.07. The number of carboxylic acid groups (broad SMARTS) is 1. The molecular weight excluding hydrogens is 324 g/mol. The number of nitrogens with one attached hydrogen (secondary N) is 1. The lowest BCUT2D eigenvalue weighted by Crippen LogP contribution is -2.24. The second-order valence-electron chi connectivity index (χ2n) is 5.10. The number of hydrogen-bond acceptors (Lipinski definition) is 6. The molecular formula is C14H14N2O6S. The summed E-state index contributed by atoms with van der Waals surface area (Å²) in [5.41, 5.74) is 1.06. The van der Waals surface area contributed by atoms with Gasteiger partial charge in [-0.2, -0.15) is 0 Å². The molecule has 0 fully saturated rings. The molecule has 0 saturated carbocycles. The highest BCUT2D eigenvalue weighted by Crippen LogP contribution is 2.31. The van der Waals surface area contributed by atoms with Crippen LogP contribution in [0.1, 0.15) is 17.0 Å². The Kier molecular flexibility index (Phi) is 3.82. The number of nitrogens with zero attached hydrogens (tertiary/aromatic N) is 1. The molecule has 1 atom stereocenters. The zero-order chi connectivity index (χ0) is 16.6. The number of ether oxygens (including phenoxy) is 1. The summed E-state index contributed by atoms with van der Waals surface area (Å²) < 4.78 is 37.3. The van der Waals surface area contributed by atoms with Gasteiger partial charge in [-0.1, -0.05) is 0 Å². The average Bonchev–Trinajstić information content (AvgIpc) is 3.10. The minimum Gasteiger partial charge on any atom is -0.478 e. The summed E-state index contributed by atoms with van der Waals surface area (Å²) in [5, 5.41) is 8.96. The Labute approximate surface area is 132 Å². The van der Waals surface area contributed by atoms with Gasteiger partial charge in [0.05, 0.1) is 17.1 Å². The van der Waals surface area contributed by atoms with Crippen molar-refractivity contribution in [3.63, 3.8) is 0 Å². The molecule has 1 aromatic heterocycles. The van der Waals surface area contributed by atoms with E-state index in [2.05, 4.69) is 9.71 Å². The van der Waals surface area contributed by atoms with Gasteiger partial charge in [-0.25, -0.2) is 22.9 Å². The molecule has 1 aromatic carbocycles. The predicted octanol–water partition coefficient (Wildman–Crippen LogP) is 0.850. The van der Waals surface area contributed by atoms with Crippen molar-refractivity contribution in [1.82, 2.24) is 9.71 Å². The lowest BCUT2D eigenvalue weighted by molar-refractivity contribution is -0.144. The third-order valence-corrected chi connectivity index (χ3v) is 4.97. The molecule has 2 N–H and O–H groups in total. The van der Waals surface area contributed by atoms with Crippen LogP contribution < -0.4 is 9.46 Å². The van der Waals surface area contributed by atoms with E-state index in [1.54, 1.807) is 6.92 Å². The Morgan fingerprint density at radius 1 is 1.48 bits per heavy atom. The molecule has 0 amide bonds. The van der Waals surface area contributed by atoms with Crippen molar-refractivity contribution in [2.75, 3.05) is 0 Å². The SMILES string of the molecule is Cc1ocnc1CNS(=O)(=O)c1ccc2c(c1)CC(C(=O)O)O2. The molecule has 1 aliphatic heterocycles. The number of sulfonamides is 1. The van der Waals surface area contributed by atoms with Gasteiger partial charge in [-0.05, 0) is 30.7 Å². The van der Waals surface area contributed by atoms with Crippen molar-refractivity contribution in [3.05, 3.63) is 41.6 Å². The summed E-state index contributed by atoms with van der Waals surface area (Å²) in [6.07, 6.45) is 0.405. The predicted molar refractivity (Wildman–Crippen MR) is 77.5 cm³/mol. The quantitative estimate of drug-likeness (QED) is 0.829. The van der Waals surface area contributed by atoms with Crippen LogP contribution in [-0.4, -0.2) is 30.6 Å². The summed E-state index contributed by atoms with van der Waals surface area (Å²) in [7, 11) is -3.75. The van der Waals surface area contributed by atoms with E-state index in [1.807, 2.05) is 0 Å². The second kappa shape index (κ2) is 5.67. The fraction of sp³-hybridized carbons (Fsp3) is 0.286. The van der Waals surface area contributed by atoms with E-state index in [0.29, 0.717) is 22.8 Å². The van der Waals surface area contributed by atoms with Crippen LogP contribution >= 0.6 is 0 Å². The summed E-state index contributed by atoms with van der Waals surface area (Å²) >= 11 is 0. The van der Waals surface area contributed by atoms with Crippen molar-refractivity contribution in [2.24, 2.45) is 0 Å². The van der Waals surface area contributed by atoms with E-state index in [4.69, 9.17) is 14.3 Å². The van der Waals surface area contributed by atoms with Crippen molar-refractivity contribution >= 4 is 16.0 Å². The van der Waals surface area contributed by atoms with Crippen LogP contribution in [0.2, 0.25) is 0 Å². The van der Waals surface area contributed by atoms with E-state index in [-0.39, 0.29) is 17.9 Å².